The van der Waals surface area contributed by atoms with E-state index in [0.717, 1.165) is 51.4 Å². The van der Waals surface area contributed by atoms with Crippen LogP contribution in [0.1, 0.15) is 161 Å². The van der Waals surface area contributed by atoms with E-state index in [9.17, 15) is 53.5 Å². The molecule has 4 aliphatic carbocycles. The number of hydrogen-bond acceptors (Lipinski definition) is 18. The van der Waals surface area contributed by atoms with Gasteiger partial charge in [-0.05, 0) is 222 Å². The molecule has 2 fully saturated rings. The molecule has 102 heavy (non-hydrogen) atoms. The fourth-order valence-corrected chi connectivity index (χ4v) is 23.6. The van der Waals surface area contributed by atoms with Crippen molar-refractivity contribution in [2.24, 2.45) is 35.5 Å². The Hall–Kier alpha value is -4.84. The molecule has 0 saturated heterocycles. The summed E-state index contributed by atoms with van der Waals surface area (Å²) in [5, 5.41) is 24.6. The average molecular weight is 1530 g/mol. The first-order valence-electron chi connectivity index (χ1n) is 36.2. The standard InChI is InChI=1S/2C37H52ClN3O8S2/c2*1-25-7-5-16-37(43,24-50(44,45)40(3)17-18-48-4)32-12-9-29(32)21-41-22-36(15-6-8-27-19-30(38)11-13-31(27)36)23-49-34-14-10-28(20-33(34)41)35(42)39-51(46,47)26(25)2/h2*10-11,13-14,19-20,25-26,29,32,43H,5-9,12,15-18,21-24H2,1-4H3,(H,39,42)/t25-,26+,29-,32+,36-,37+;25-,26+,29-,32+,36-,37-/m00/s1. The molecule has 22 nitrogen and oxygen atoms in total. The molecule has 4 aromatic carbocycles. The smallest absolute Gasteiger partial charge is 0.264 e. The lowest BCUT2D eigenvalue weighted by Crippen LogP contribution is -2.56. The van der Waals surface area contributed by atoms with Gasteiger partial charge in [-0.3, -0.25) is 9.59 Å². The second kappa shape index (κ2) is 31.2. The van der Waals surface area contributed by atoms with Gasteiger partial charge in [0.1, 0.15) is 11.5 Å². The number of methoxy groups -OCH3 is 2. The van der Waals surface area contributed by atoms with Crippen molar-refractivity contribution in [3.8, 4) is 11.5 Å². The van der Waals surface area contributed by atoms with Crippen LogP contribution < -0.4 is 28.7 Å². The fourth-order valence-electron chi connectivity index (χ4n) is 17.5. The summed E-state index contributed by atoms with van der Waals surface area (Å²) >= 11 is 12.9. The SMILES string of the molecule is COCCN(C)S(=O)(=O)C[C@@]1(O)CCC[C@H](C)[C@@H](C)S(=O)(=O)NC(=O)c2ccc3c(c2)N(C[C@@H]2CC[C@H]21)C[C@@]1(CCCc2cc(Cl)ccc21)CO3.COCCN(C)S(=O)(=O)C[C@]1(O)CCC[C@H](C)[C@@H](C)S(=O)(=O)NC(=O)c2ccc3c(c2)N(C[C@@H]2CC[C@H]21)C[C@@]1(CCCc2cc(Cl)ccc21)CO3. The summed E-state index contributed by atoms with van der Waals surface area (Å²) in [6.07, 6.45) is 10.6. The van der Waals surface area contributed by atoms with Gasteiger partial charge in [0.25, 0.3) is 11.8 Å². The number of aliphatic hydroxyl groups is 2. The number of hydrogen-bond donors (Lipinski definition) is 4. The predicted octanol–water partition coefficient (Wildman–Crippen LogP) is 9.49. The maximum absolute atomic E-state index is 13.7. The van der Waals surface area contributed by atoms with Crippen molar-refractivity contribution in [2.75, 3.05) is 115 Å². The first-order valence-corrected chi connectivity index (χ1v) is 43.3. The third kappa shape index (κ3) is 16.6. The number of nitrogens with one attached hydrogen (secondary N) is 2. The molecule has 4 aliphatic heterocycles. The van der Waals surface area contributed by atoms with Gasteiger partial charge >= 0.3 is 0 Å². The lowest BCUT2D eigenvalue weighted by molar-refractivity contribution is -0.0728. The summed E-state index contributed by atoms with van der Waals surface area (Å²) in [5.74, 6) is -2.47. The quantitative estimate of drug-likeness (QED) is 0.103. The number of anilines is 2. The molecule has 564 valence electrons. The van der Waals surface area contributed by atoms with Crippen LogP contribution in [-0.4, -0.2) is 192 Å². The van der Waals surface area contributed by atoms with E-state index in [1.54, 1.807) is 50.2 Å². The zero-order valence-corrected chi connectivity index (χ0v) is 64.9. The molecule has 2 saturated carbocycles. The van der Waals surface area contributed by atoms with E-state index in [1.165, 1.54) is 59.2 Å². The summed E-state index contributed by atoms with van der Waals surface area (Å²) in [7, 11) is -9.78. The number of benzene rings is 4. The summed E-state index contributed by atoms with van der Waals surface area (Å²) in [5.41, 5.74) is 2.64. The van der Waals surface area contributed by atoms with Gasteiger partial charge in [-0.1, -0.05) is 62.0 Å². The summed E-state index contributed by atoms with van der Waals surface area (Å²) in [4.78, 5) is 31.5. The normalized spacial score (nSPS) is 31.1. The molecule has 4 aromatic rings. The van der Waals surface area contributed by atoms with Gasteiger partial charge in [-0.2, -0.15) is 0 Å². The van der Waals surface area contributed by atoms with Gasteiger partial charge in [0.15, 0.2) is 0 Å². The zero-order chi connectivity index (χ0) is 73.5. The van der Waals surface area contributed by atoms with Gasteiger partial charge in [0, 0.05) is 99.6 Å². The third-order valence-corrected chi connectivity index (χ3v) is 32.6. The minimum absolute atomic E-state index is 0.0344. The van der Waals surface area contributed by atoms with Crippen LogP contribution in [0.5, 0.6) is 11.5 Å². The minimum Gasteiger partial charge on any atom is -0.490 e. The molecule has 8 aliphatic rings. The van der Waals surface area contributed by atoms with Gasteiger partial charge in [-0.15, -0.1) is 0 Å². The molecule has 0 radical (unpaired) electrons. The van der Waals surface area contributed by atoms with Crippen LogP contribution in [0.25, 0.3) is 0 Å². The van der Waals surface area contributed by atoms with E-state index in [0.29, 0.717) is 111 Å². The average Bonchev–Trinajstić information content (AvgIpc) is 1.35. The number of sulfonamides is 4. The Morgan fingerprint density at radius 1 is 0.559 bits per heavy atom. The van der Waals surface area contributed by atoms with Crippen molar-refractivity contribution in [2.45, 2.75) is 163 Å². The summed E-state index contributed by atoms with van der Waals surface area (Å²) in [6.45, 7) is 10.5. The maximum atomic E-state index is 13.7. The molecule has 0 aromatic heterocycles. The van der Waals surface area contributed by atoms with Gasteiger partial charge in [0.2, 0.25) is 40.1 Å². The largest absolute Gasteiger partial charge is 0.490 e. The van der Waals surface area contributed by atoms with E-state index in [1.807, 2.05) is 38.1 Å². The van der Waals surface area contributed by atoms with Gasteiger partial charge in [-0.25, -0.2) is 51.7 Å². The Labute approximate surface area is 614 Å². The van der Waals surface area contributed by atoms with Crippen LogP contribution in [0, 0.1) is 35.5 Å². The number of halogens is 2. The number of ether oxygens (including phenoxy) is 4. The molecular formula is C74H104Cl2N6O16S4. The minimum atomic E-state index is -4.06. The Balaban J connectivity index is 0.000000205. The molecule has 4 bridgehead atoms. The molecule has 28 heteroatoms. The number of likely N-dealkylation sites (N-methyl/N-ethyl adjacent to an activating group) is 2. The van der Waals surface area contributed by atoms with Crippen LogP contribution in [-0.2, 0) is 73.2 Å². The lowest BCUT2D eigenvalue weighted by atomic mass is 9.63. The highest BCUT2D eigenvalue weighted by atomic mass is 35.5. The zero-order valence-electron chi connectivity index (χ0n) is 60.1. The number of aryl methyl sites for hydroxylation is 2. The van der Waals surface area contributed by atoms with Crippen LogP contribution in [0.2, 0.25) is 10.0 Å². The highest BCUT2D eigenvalue weighted by molar-refractivity contribution is 7.91. The molecule has 12 rings (SSSR count). The predicted molar refractivity (Wildman–Crippen MR) is 397 cm³/mol. The van der Waals surface area contributed by atoms with Crippen molar-refractivity contribution in [1.82, 2.24) is 18.1 Å². The van der Waals surface area contributed by atoms with Crippen molar-refractivity contribution >= 4 is 86.5 Å². The Morgan fingerprint density at radius 3 is 1.31 bits per heavy atom. The van der Waals surface area contributed by atoms with Crippen LogP contribution in [0.3, 0.4) is 0 Å². The highest BCUT2D eigenvalue weighted by Gasteiger charge is 2.54. The molecule has 2 amide bonds. The number of rotatable bonds is 12. The summed E-state index contributed by atoms with van der Waals surface area (Å²) < 4.78 is 139. The Kier molecular flexibility index (Phi) is 23.9. The second-order valence-corrected chi connectivity index (χ2v) is 40.0. The lowest BCUT2D eigenvalue weighted by Gasteiger charge is -2.50. The van der Waals surface area contributed by atoms with Crippen LogP contribution in [0.4, 0.5) is 11.4 Å². The number of fused-ring (bicyclic) bond motifs is 8. The monoisotopic (exact) mass is 1530 g/mol. The summed E-state index contributed by atoms with van der Waals surface area (Å²) in [6, 6.07) is 22.2. The first kappa shape index (κ1) is 78.2. The third-order valence-electron chi connectivity index (χ3n) is 24.3. The number of amides is 2. The van der Waals surface area contributed by atoms with Crippen molar-refractivity contribution in [3.05, 3.63) is 116 Å². The van der Waals surface area contributed by atoms with Crippen molar-refractivity contribution < 1.29 is 72.4 Å². The molecule has 12 atom stereocenters. The van der Waals surface area contributed by atoms with E-state index in [4.69, 9.17) is 42.1 Å². The Bertz CT molecular complexity index is 3950. The first-order chi connectivity index (χ1) is 48.1. The number of nitrogens with zero attached hydrogens (tertiary/aromatic N) is 4. The molecule has 4 heterocycles. The van der Waals surface area contributed by atoms with E-state index in [-0.39, 0.29) is 85.8 Å². The topological polar surface area (TPSA) is 285 Å². The van der Waals surface area contributed by atoms with E-state index >= 15 is 0 Å². The van der Waals surface area contributed by atoms with E-state index in [2.05, 4.69) is 31.4 Å². The van der Waals surface area contributed by atoms with Gasteiger partial charge < -0.3 is 39.0 Å². The second-order valence-electron chi connectivity index (χ2n) is 30.9. The van der Waals surface area contributed by atoms with Crippen molar-refractivity contribution in [1.29, 1.82) is 0 Å². The molecular weight excluding hydrogens is 1430 g/mol. The van der Waals surface area contributed by atoms with Crippen LogP contribution in [0.15, 0.2) is 72.8 Å². The Morgan fingerprint density at radius 2 is 0.951 bits per heavy atom. The van der Waals surface area contributed by atoms with E-state index < -0.39 is 95.9 Å². The van der Waals surface area contributed by atoms with Gasteiger partial charge in [0.05, 0.1) is 71.0 Å². The fraction of sp³-hybridized carbons (Fsp3) is 0.649. The number of carbonyl (C=O) groups is 2. The molecule has 0 unspecified atom stereocenters. The maximum Gasteiger partial charge on any atom is 0.264 e. The highest BCUT2D eigenvalue weighted by Crippen LogP contribution is 2.52. The van der Waals surface area contributed by atoms with Crippen molar-refractivity contribution in [3.63, 3.8) is 0 Å². The molecule has 4 N–H and O–H groups in total. The van der Waals surface area contributed by atoms with Crippen LogP contribution >= 0.6 is 23.2 Å². The number of carbonyl (C=O) groups excluding carboxylic acids is 2. The molecule has 2 spiro atoms.